The number of aliphatic imine (C=N–C) groups is 1. The fourth-order valence-corrected chi connectivity index (χ4v) is 2.49. The minimum Gasteiger partial charge on any atom is -0.324 e. The quantitative estimate of drug-likeness (QED) is 0.636. The lowest BCUT2D eigenvalue weighted by Crippen LogP contribution is -2.23. The minimum absolute atomic E-state index is 0.664. The Bertz CT molecular complexity index is 642. The third kappa shape index (κ3) is 4.11. The normalized spacial score (nSPS) is 11.0. The van der Waals surface area contributed by atoms with Gasteiger partial charge in [0, 0.05) is 12.7 Å². The van der Waals surface area contributed by atoms with Crippen LogP contribution in [-0.2, 0) is 6.54 Å². The van der Waals surface area contributed by atoms with E-state index in [1.54, 1.807) is 11.8 Å². The first-order valence-electron chi connectivity index (χ1n) is 6.61. The van der Waals surface area contributed by atoms with Gasteiger partial charge in [-0.25, -0.2) is 0 Å². The maximum atomic E-state index is 8.84. The van der Waals surface area contributed by atoms with E-state index in [0.717, 1.165) is 10.9 Å². The molecular formula is C17H17N3S. The molecule has 2 aromatic carbocycles. The monoisotopic (exact) mass is 295 g/mol. The highest BCUT2D eigenvalue weighted by Crippen LogP contribution is 2.18. The predicted octanol–water partition coefficient (Wildman–Crippen LogP) is 3.91. The van der Waals surface area contributed by atoms with Gasteiger partial charge in [-0.1, -0.05) is 42.1 Å². The highest BCUT2D eigenvalue weighted by molar-refractivity contribution is 8.13. The second kappa shape index (κ2) is 7.51. The Morgan fingerprint density at radius 3 is 2.38 bits per heavy atom. The molecule has 4 heteroatoms. The minimum atomic E-state index is 0.664. The van der Waals surface area contributed by atoms with E-state index in [9.17, 15) is 0 Å². The number of hydrogen-bond acceptors (Lipinski definition) is 3. The number of hydrogen-bond donors (Lipinski definition) is 0. The molecule has 0 saturated carbocycles. The van der Waals surface area contributed by atoms with Gasteiger partial charge in [-0.2, -0.15) is 5.26 Å². The van der Waals surface area contributed by atoms with Gasteiger partial charge in [0.15, 0.2) is 5.17 Å². The summed E-state index contributed by atoms with van der Waals surface area (Å²) in [5, 5.41) is 9.79. The van der Waals surface area contributed by atoms with Crippen molar-refractivity contribution in [1.29, 1.82) is 5.26 Å². The number of benzene rings is 2. The molecule has 0 atom stereocenters. The number of rotatable bonds is 3. The summed E-state index contributed by atoms with van der Waals surface area (Å²) in [4.78, 5) is 6.71. The second-order valence-electron chi connectivity index (χ2n) is 4.51. The van der Waals surface area contributed by atoms with E-state index >= 15 is 0 Å². The average molecular weight is 295 g/mol. The molecule has 21 heavy (non-hydrogen) atoms. The lowest BCUT2D eigenvalue weighted by Gasteiger charge is -2.20. The van der Waals surface area contributed by atoms with Crippen molar-refractivity contribution in [3.8, 4) is 6.07 Å². The number of thioether (sulfide) groups is 1. The van der Waals surface area contributed by atoms with Crippen LogP contribution in [0.2, 0.25) is 0 Å². The number of amidine groups is 1. The molecule has 0 heterocycles. The Labute approximate surface area is 129 Å². The predicted molar refractivity (Wildman–Crippen MR) is 90.7 cm³/mol. The molecule has 0 fully saturated rings. The molecule has 2 aromatic rings. The van der Waals surface area contributed by atoms with Crippen LogP contribution in [0.1, 0.15) is 11.1 Å². The molecule has 0 bridgehead atoms. The molecule has 0 aliphatic heterocycles. The summed E-state index contributed by atoms with van der Waals surface area (Å²) in [7, 11) is 1.99. The highest BCUT2D eigenvalue weighted by atomic mass is 32.2. The Hall–Kier alpha value is -2.25. The van der Waals surface area contributed by atoms with Crippen LogP contribution < -0.4 is 4.90 Å². The molecule has 106 valence electrons. The summed E-state index contributed by atoms with van der Waals surface area (Å²) in [5.41, 5.74) is 2.88. The molecule has 0 aliphatic carbocycles. The van der Waals surface area contributed by atoms with E-state index in [0.29, 0.717) is 12.1 Å². The van der Waals surface area contributed by atoms with Crippen molar-refractivity contribution in [3.05, 3.63) is 65.7 Å². The van der Waals surface area contributed by atoms with Crippen molar-refractivity contribution in [2.24, 2.45) is 4.99 Å². The van der Waals surface area contributed by atoms with Gasteiger partial charge in [-0.3, -0.25) is 4.99 Å². The van der Waals surface area contributed by atoms with Crippen molar-refractivity contribution in [2.45, 2.75) is 6.54 Å². The van der Waals surface area contributed by atoms with Gasteiger partial charge in [-0.05, 0) is 36.1 Å². The molecule has 0 N–H and O–H groups in total. The van der Waals surface area contributed by atoms with Crippen LogP contribution in [0.25, 0.3) is 0 Å². The molecular weight excluding hydrogens is 278 g/mol. The maximum Gasteiger partial charge on any atom is 0.163 e. The van der Waals surface area contributed by atoms with E-state index in [1.165, 1.54) is 5.56 Å². The molecule has 0 aliphatic rings. The Morgan fingerprint density at radius 2 is 1.81 bits per heavy atom. The third-order valence-corrected chi connectivity index (χ3v) is 3.86. The van der Waals surface area contributed by atoms with Crippen LogP contribution in [0.15, 0.2) is 59.6 Å². The number of nitrogens with zero attached hydrogens (tertiary/aromatic N) is 3. The van der Waals surface area contributed by atoms with E-state index in [-0.39, 0.29) is 0 Å². The molecule has 0 radical (unpaired) electrons. The molecule has 0 unspecified atom stereocenters. The lowest BCUT2D eigenvalue weighted by atomic mass is 10.2. The summed E-state index contributed by atoms with van der Waals surface area (Å²) in [5.74, 6) is 0. The zero-order valence-electron chi connectivity index (χ0n) is 12.2. The number of nitriles is 1. The zero-order valence-corrected chi connectivity index (χ0v) is 13.0. The van der Waals surface area contributed by atoms with Crippen molar-refractivity contribution in [3.63, 3.8) is 0 Å². The first-order valence-corrected chi connectivity index (χ1v) is 7.83. The standard InChI is InChI=1S/C17H17N3S/c1-20(16-10-8-14(12-18)9-11-16)17(21-2)19-13-15-6-4-3-5-7-15/h3-11H,13H2,1-2H3. The SMILES string of the molecule is CSC(=NCc1ccccc1)N(C)c1ccc(C#N)cc1. The summed E-state index contributed by atoms with van der Waals surface area (Å²) >= 11 is 1.61. The van der Waals surface area contributed by atoms with Crippen LogP contribution in [0, 0.1) is 11.3 Å². The summed E-state index contributed by atoms with van der Waals surface area (Å²) in [6.07, 6.45) is 2.02. The van der Waals surface area contributed by atoms with Gasteiger partial charge in [0.1, 0.15) is 0 Å². The van der Waals surface area contributed by atoms with Gasteiger partial charge in [-0.15, -0.1) is 0 Å². The van der Waals surface area contributed by atoms with Gasteiger partial charge in [0.2, 0.25) is 0 Å². The van der Waals surface area contributed by atoms with E-state index in [1.807, 2.05) is 60.7 Å². The van der Waals surface area contributed by atoms with Crippen LogP contribution in [0.3, 0.4) is 0 Å². The fourth-order valence-electron chi connectivity index (χ4n) is 1.92. The maximum absolute atomic E-state index is 8.84. The Balaban J connectivity index is 2.13. The average Bonchev–Trinajstić information content (AvgIpc) is 2.56. The second-order valence-corrected chi connectivity index (χ2v) is 5.28. The summed E-state index contributed by atoms with van der Waals surface area (Å²) < 4.78 is 0. The first kappa shape index (κ1) is 15.1. The van der Waals surface area contributed by atoms with E-state index in [2.05, 4.69) is 23.2 Å². The molecule has 0 saturated heterocycles. The number of anilines is 1. The topological polar surface area (TPSA) is 39.4 Å². The van der Waals surface area contributed by atoms with Crippen LogP contribution in [-0.4, -0.2) is 18.5 Å². The smallest absolute Gasteiger partial charge is 0.163 e. The Morgan fingerprint density at radius 1 is 1.14 bits per heavy atom. The van der Waals surface area contributed by atoms with Crippen molar-refractivity contribution >= 4 is 22.6 Å². The van der Waals surface area contributed by atoms with Crippen molar-refractivity contribution in [2.75, 3.05) is 18.2 Å². The third-order valence-electron chi connectivity index (χ3n) is 3.09. The zero-order chi connectivity index (χ0) is 15.1. The van der Waals surface area contributed by atoms with Gasteiger partial charge in [0.25, 0.3) is 0 Å². The fraction of sp³-hybridized carbons (Fsp3) is 0.176. The van der Waals surface area contributed by atoms with Crippen LogP contribution in [0.5, 0.6) is 0 Å². The highest BCUT2D eigenvalue weighted by Gasteiger charge is 2.07. The Kier molecular flexibility index (Phi) is 5.42. The van der Waals surface area contributed by atoms with E-state index < -0.39 is 0 Å². The molecule has 0 aromatic heterocycles. The van der Waals surface area contributed by atoms with Gasteiger partial charge in [0.05, 0.1) is 18.2 Å². The lowest BCUT2D eigenvalue weighted by molar-refractivity contribution is 1.06. The van der Waals surface area contributed by atoms with Crippen LogP contribution >= 0.6 is 11.8 Å². The molecule has 2 rings (SSSR count). The first-order chi connectivity index (χ1) is 10.2. The van der Waals surface area contributed by atoms with Crippen molar-refractivity contribution in [1.82, 2.24) is 0 Å². The van der Waals surface area contributed by atoms with Gasteiger partial charge < -0.3 is 4.90 Å². The summed E-state index contributed by atoms with van der Waals surface area (Å²) in [6, 6.07) is 19.8. The van der Waals surface area contributed by atoms with Crippen molar-refractivity contribution < 1.29 is 0 Å². The molecule has 0 amide bonds. The molecule has 0 spiro atoms. The summed E-state index contributed by atoms with van der Waals surface area (Å²) in [6.45, 7) is 0.664. The molecule has 3 nitrogen and oxygen atoms in total. The van der Waals surface area contributed by atoms with E-state index in [4.69, 9.17) is 5.26 Å². The largest absolute Gasteiger partial charge is 0.324 e. The van der Waals surface area contributed by atoms with Crippen LogP contribution in [0.4, 0.5) is 5.69 Å². The van der Waals surface area contributed by atoms with Gasteiger partial charge >= 0.3 is 0 Å².